The number of nitrogens with zero attached hydrogens (tertiary/aromatic N) is 1. The second kappa shape index (κ2) is 7.24. The number of hydrogen-bond donors (Lipinski definition) is 1. The first-order valence-electron chi connectivity index (χ1n) is 6.68. The summed E-state index contributed by atoms with van der Waals surface area (Å²) >= 11 is 0. The largest absolute Gasteiger partial charge is 0.466 e. The smallest absolute Gasteiger partial charge is 0.434 e. The maximum atomic E-state index is 12.8. The second-order valence-electron chi connectivity index (χ2n) is 4.70. The van der Waals surface area contributed by atoms with E-state index < -0.39 is 41.3 Å². The van der Waals surface area contributed by atoms with Gasteiger partial charge in [-0.05, 0) is 32.9 Å². The van der Waals surface area contributed by atoms with Gasteiger partial charge in [-0.1, -0.05) is 0 Å². The van der Waals surface area contributed by atoms with Crippen LogP contribution in [-0.2, 0) is 15.7 Å². The molecule has 1 amide bonds. The molecule has 0 aliphatic rings. The molecule has 0 spiro atoms. The number of carbonyl (C=O) groups excluding carboxylic acids is 2. The Morgan fingerprint density at radius 3 is 2.55 bits per heavy atom. The van der Waals surface area contributed by atoms with E-state index in [1.165, 1.54) is 19.9 Å². The lowest BCUT2D eigenvalue weighted by Crippen LogP contribution is -2.41. The number of hydrogen-bond acceptors (Lipinski definition) is 4. The van der Waals surface area contributed by atoms with Crippen LogP contribution in [0.1, 0.15) is 36.8 Å². The second-order valence-corrected chi connectivity index (χ2v) is 4.70. The zero-order valence-electron chi connectivity index (χ0n) is 12.4. The summed E-state index contributed by atoms with van der Waals surface area (Å²) in [6, 6.07) is 1.59. The van der Waals surface area contributed by atoms with E-state index in [0.717, 1.165) is 12.3 Å². The van der Waals surface area contributed by atoms with Crippen molar-refractivity contribution in [3.05, 3.63) is 29.6 Å². The molecule has 1 aromatic rings. The fraction of sp³-hybridized carbons (Fsp3) is 0.500. The Labute approximate surface area is 125 Å². The number of esters is 1. The summed E-state index contributed by atoms with van der Waals surface area (Å²) in [6.45, 7) is 4.86. The van der Waals surface area contributed by atoms with Crippen LogP contribution in [0.3, 0.4) is 0 Å². The standard InChI is InChI=1S/C14H17F3N2O3/c1-4-22-13(21)8(2)9(3)19-12(20)10-6-5-7-18-11(10)14(15,16)17/h5-9H,4H2,1-3H3,(H,19,20)/t8-,9+/m1/s1. The zero-order chi connectivity index (χ0) is 16.9. The molecule has 0 aliphatic heterocycles. The SMILES string of the molecule is CCOC(=O)[C@H](C)[C@H](C)NC(=O)c1cccnc1C(F)(F)F. The average molecular weight is 318 g/mol. The van der Waals surface area contributed by atoms with Crippen molar-refractivity contribution in [3.63, 3.8) is 0 Å². The van der Waals surface area contributed by atoms with Gasteiger partial charge in [0.2, 0.25) is 0 Å². The Morgan fingerprint density at radius 1 is 1.36 bits per heavy atom. The molecular weight excluding hydrogens is 301 g/mol. The average Bonchev–Trinajstić information content (AvgIpc) is 2.45. The number of halogens is 3. The van der Waals surface area contributed by atoms with Crippen LogP contribution in [0, 0.1) is 5.92 Å². The van der Waals surface area contributed by atoms with Crippen molar-refractivity contribution >= 4 is 11.9 Å². The molecule has 1 rings (SSSR count). The van der Waals surface area contributed by atoms with Crippen LogP contribution in [0.2, 0.25) is 0 Å². The Kier molecular flexibility index (Phi) is 5.90. The molecule has 1 heterocycles. The van der Waals surface area contributed by atoms with Crippen LogP contribution < -0.4 is 5.32 Å². The van der Waals surface area contributed by atoms with Crippen molar-refractivity contribution < 1.29 is 27.5 Å². The van der Waals surface area contributed by atoms with Gasteiger partial charge in [0.25, 0.3) is 5.91 Å². The third kappa shape index (κ3) is 4.44. The van der Waals surface area contributed by atoms with Crippen LogP contribution in [0.15, 0.2) is 18.3 Å². The van der Waals surface area contributed by atoms with Gasteiger partial charge in [0, 0.05) is 12.2 Å². The van der Waals surface area contributed by atoms with E-state index in [2.05, 4.69) is 10.3 Å². The molecule has 2 atom stereocenters. The lowest BCUT2D eigenvalue weighted by molar-refractivity contribution is -0.148. The van der Waals surface area contributed by atoms with Crippen molar-refractivity contribution in [1.29, 1.82) is 0 Å². The van der Waals surface area contributed by atoms with E-state index in [-0.39, 0.29) is 6.61 Å². The zero-order valence-corrected chi connectivity index (χ0v) is 12.4. The molecule has 1 aromatic heterocycles. The maximum absolute atomic E-state index is 12.8. The molecule has 0 aliphatic carbocycles. The number of amides is 1. The molecular formula is C14H17F3N2O3. The highest BCUT2D eigenvalue weighted by Crippen LogP contribution is 2.30. The topological polar surface area (TPSA) is 68.3 Å². The van der Waals surface area contributed by atoms with Crippen molar-refractivity contribution in [2.45, 2.75) is 33.0 Å². The van der Waals surface area contributed by atoms with Crippen LogP contribution >= 0.6 is 0 Å². The maximum Gasteiger partial charge on any atom is 0.434 e. The third-order valence-electron chi connectivity index (χ3n) is 3.09. The van der Waals surface area contributed by atoms with E-state index in [1.54, 1.807) is 6.92 Å². The predicted molar refractivity (Wildman–Crippen MR) is 72.0 cm³/mol. The molecule has 22 heavy (non-hydrogen) atoms. The Hall–Kier alpha value is -2.12. The van der Waals surface area contributed by atoms with Crippen LogP contribution in [0.25, 0.3) is 0 Å². The summed E-state index contributed by atoms with van der Waals surface area (Å²) in [7, 11) is 0. The lowest BCUT2D eigenvalue weighted by Gasteiger charge is -2.20. The molecule has 0 saturated carbocycles. The number of pyridine rings is 1. The quantitative estimate of drug-likeness (QED) is 0.847. The van der Waals surface area contributed by atoms with Crippen molar-refractivity contribution in [1.82, 2.24) is 10.3 Å². The molecule has 122 valence electrons. The number of nitrogens with one attached hydrogen (secondary N) is 1. The van der Waals surface area contributed by atoms with Gasteiger partial charge < -0.3 is 10.1 Å². The van der Waals surface area contributed by atoms with Gasteiger partial charge in [0.1, 0.15) is 0 Å². The number of carbonyl (C=O) groups is 2. The monoisotopic (exact) mass is 318 g/mol. The van der Waals surface area contributed by atoms with E-state index in [1.807, 2.05) is 0 Å². The van der Waals surface area contributed by atoms with E-state index in [9.17, 15) is 22.8 Å². The van der Waals surface area contributed by atoms with E-state index in [4.69, 9.17) is 4.74 Å². The van der Waals surface area contributed by atoms with Crippen molar-refractivity contribution in [3.8, 4) is 0 Å². The first kappa shape index (κ1) is 17.9. The number of ether oxygens (including phenoxy) is 1. The van der Waals surface area contributed by atoms with Gasteiger partial charge in [-0.2, -0.15) is 13.2 Å². The van der Waals surface area contributed by atoms with E-state index in [0.29, 0.717) is 0 Å². The molecule has 8 heteroatoms. The van der Waals surface area contributed by atoms with Crippen molar-refractivity contribution in [2.24, 2.45) is 5.92 Å². The first-order valence-corrected chi connectivity index (χ1v) is 6.68. The summed E-state index contributed by atoms with van der Waals surface area (Å²) in [4.78, 5) is 26.8. The first-order chi connectivity index (χ1) is 10.2. The number of aromatic nitrogens is 1. The minimum absolute atomic E-state index is 0.185. The summed E-state index contributed by atoms with van der Waals surface area (Å²) in [5.41, 5.74) is -1.85. The molecule has 0 unspecified atom stereocenters. The fourth-order valence-corrected chi connectivity index (χ4v) is 1.70. The van der Waals surface area contributed by atoms with Crippen LogP contribution in [-0.4, -0.2) is 29.5 Å². The molecule has 0 fully saturated rings. The minimum Gasteiger partial charge on any atom is -0.466 e. The van der Waals surface area contributed by atoms with Gasteiger partial charge in [-0.25, -0.2) is 0 Å². The molecule has 0 saturated heterocycles. The molecule has 5 nitrogen and oxygen atoms in total. The van der Waals surface area contributed by atoms with Crippen LogP contribution in [0.4, 0.5) is 13.2 Å². The molecule has 0 aromatic carbocycles. The number of alkyl halides is 3. The molecule has 0 bridgehead atoms. The normalized spacial score (nSPS) is 14.1. The van der Waals surface area contributed by atoms with Gasteiger partial charge in [-0.3, -0.25) is 14.6 Å². The predicted octanol–water partition coefficient (Wildman–Crippen LogP) is 2.42. The highest BCUT2D eigenvalue weighted by molar-refractivity contribution is 5.95. The third-order valence-corrected chi connectivity index (χ3v) is 3.09. The van der Waals surface area contributed by atoms with Gasteiger partial charge in [0.15, 0.2) is 5.69 Å². The minimum atomic E-state index is -4.73. The van der Waals surface area contributed by atoms with Gasteiger partial charge in [-0.15, -0.1) is 0 Å². The molecule has 1 N–H and O–H groups in total. The summed E-state index contributed by atoms with van der Waals surface area (Å²) in [5.74, 6) is -2.16. The van der Waals surface area contributed by atoms with Crippen LogP contribution in [0.5, 0.6) is 0 Å². The van der Waals surface area contributed by atoms with E-state index >= 15 is 0 Å². The number of rotatable bonds is 5. The van der Waals surface area contributed by atoms with Crippen molar-refractivity contribution in [2.75, 3.05) is 6.61 Å². The Morgan fingerprint density at radius 2 is 2.00 bits per heavy atom. The summed E-state index contributed by atoms with van der Waals surface area (Å²) in [5, 5.41) is 2.37. The fourth-order valence-electron chi connectivity index (χ4n) is 1.70. The summed E-state index contributed by atoms with van der Waals surface area (Å²) in [6.07, 6.45) is -3.77. The molecule has 0 radical (unpaired) electrons. The lowest BCUT2D eigenvalue weighted by atomic mass is 10.0. The Balaban J connectivity index is 2.88. The highest BCUT2D eigenvalue weighted by atomic mass is 19.4. The summed E-state index contributed by atoms with van der Waals surface area (Å²) < 4.78 is 43.3. The highest BCUT2D eigenvalue weighted by Gasteiger charge is 2.37. The van der Waals surface area contributed by atoms with Gasteiger partial charge in [0.05, 0.1) is 18.1 Å². The van der Waals surface area contributed by atoms with Gasteiger partial charge >= 0.3 is 12.1 Å². The Bertz CT molecular complexity index is 546.